The summed E-state index contributed by atoms with van der Waals surface area (Å²) in [6.07, 6.45) is 14.5. The molecule has 0 unspecified atom stereocenters. The highest BCUT2D eigenvalue weighted by Gasteiger charge is 2.12. The summed E-state index contributed by atoms with van der Waals surface area (Å²) in [5.74, 6) is 0. The Hall–Kier alpha value is -0.510. The van der Waals surface area contributed by atoms with Crippen LogP contribution in [0.25, 0.3) is 0 Å². The minimum Gasteiger partial charge on any atom is -0.360 e. The van der Waals surface area contributed by atoms with E-state index < -0.39 is 0 Å². The van der Waals surface area contributed by atoms with Crippen molar-refractivity contribution in [3.63, 3.8) is 0 Å². The van der Waals surface area contributed by atoms with Crippen molar-refractivity contribution in [3.05, 3.63) is 28.2 Å². The molecular weight excluding hydrogens is 359 g/mol. The van der Waals surface area contributed by atoms with E-state index in [2.05, 4.69) is 10.6 Å². The third kappa shape index (κ3) is 7.58. The molecule has 0 atom stereocenters. The lowest BCUT2D eigenvalue weighted by atomic mass is 9.98. The van der Waals surface area contributed by atoms with Crippen LogP contribution in [0.3, 0.4) is 0 Å². The van der Waals surface area contributed by atoms with Crippen LogP contribution in [-0.4, -0.2) is 11.2 Å². The third-order valence-electron chi connectivity index (χ3n) is 4.62. The fourth-order valence-corrected chi connectivity index (χ4v) is 3.86. The summed E-state index contributed by atoms with van der Waals surface area (Å²) in [7, 11) is 0. The molecule has 5 heteroatoms. The van der Waals surface area contributed by atoms with Gasteiger partial charge >= 0.3 is 0 Å². The van der Waals surface area contributed by atoms with Gasteiger partial charge in [0.05, 0.1) is 10.7 Å². The highest BCUT2D eigenvalue weighted by molar-refractivity contribution is 7.80. The SMILES string of the molecule is S=C(Nc1cc(Cl)ccc1Cl)NC1CCCCCCCCCCC1. The molecule has 1 fully saturated rings. The molecule has 0 bridgehead atoms. The largest absolute Gasteiger partial charge is 0.360 e. The third-order valence-corrected chi connectivity index (χ3v) is 5.40. The maximum Gasteiger partial charge on any atom is 0.171 e. The second-order valence-electron chi connectivity index (χ2n) is 6.68. The number of hydrogen-bond donors (Lipinski definition) is 2. The summed E-state index contributed by atoms with van der Waals surface area (Å²) in [5.41, 5.74) is 0.759. The first-order valence-corrected chi connectivity index (χ1v) is 10.3. The zero-order valence-electron chi connectivity index (χ0n) is 14.3. The second-order valence-corrected chi connectivity index (χ2v) is 7.93. The van der Waals surface area contributed by atoms with Gasteiger partial charge in [-0.05, 0) is 43.3 Å². The van der Waals surface area contributed by atoms with Crippen molar-refractivity contribution in [1.82, 2.24) is 5.32 Å². The maximum atomic E-state index is 6.20. The van der Waals surface area contributed by atoms with Crippen molar-refractivity contribution < 1.29 is 0 Å². The van der Waals surface area contributed by atoms with E-state index in [1.54, 1.807) is 18.2 Å². The average molecular weight is 387 g/mol. The number of hydrogen-bond acceptors (Lipinski definition) is 1. The minimum atomic E-state index is 0.447. The van der Waals surface area contributed by atoms with Gasteiger partial charge in [-0.3, -0.25) is 0 Å². The Labute approximate surface area is 161 Å². The quantitative estimate of drug-likeness (QED) is 0.537. The Kier molecular flexibility index (Phi) is 9.22. The van der Waals surface area contributed by atoms with Crippen LogP contribution in [0, 0.1) is 0 Å². The Morgan fingerprint density at radius 3 is 2.00 bits per heavy atom. The van der Waals surface area contributed by atoms with Gasteiger partial charge in [0.25, 0.3) is 0 Å². The van der Waals surface area contributed by atoms with Crippen LogP contribution < -0.4 is 10.6 Å². The molecule has 1 saturated carbocycles. The van der Waals surface area contributed by atoms with E-state index in [1.807, 2.05) is 0 Å². The molecule has 0 aromatic heterocycles. The predicted molar refractivity (Wildman–Crippen MR) is 110 cm³/mol. The Morgan fingerprint density at radius 1 is 0.875 bits per heavy atom. The van der Waals surface area contributed by atoms with E-state index in [1.165, 1.54) is 70.6 Å². The van der Waals surface area contributed by atoms with Crippen molar-refractivity contribution >= 4 is 46.2 Å². The molecule has 0 amide bonds. The van der Waals surface area contributed by atoms with Gasteiger partial charge < -0.3 is 10.6 Å². The van der Waals surface area contributed by atoms with Crippen LogP contribution in [0.4, 0.5) is 5.69 Å². The summed E-state index contributed by atoms with van der Waals surface area (Å²) in [6.45, 7) is 0. The normalized spacial score (nSPS) is 18.2. The van der Waals surface area contributed by atoms with Crippen LogP contribution in [0.1, 0.15) is 70.6 Å². The van der Waals surface area contributed by atoms with Gasteiger partial charge in [0.1, 0.15) is 0 Å². The number of thiocarbonyl (C=S) groups is 1. The number of rotatable bonds is 2. The van der Waals surface area contributed by atoms with Crippen LogP contribution in [0.15, 0.2) is 18.2 Å². The summed E-state index contributed by atoms with van der Waals surface area (Å²) in [4.78, 5) is 0. The second kappa shape index (κ2) is 11.2. The summed E-state index contributed by atoms with van der Waals surface area (Å²) in [5, 5.41) is 8.58. The molecule has 24 heavy (non-hydrogen) atoms. The van der Waals surface area contributed by atoms with Gasteiger partial charge in [0.2, 0.25) is 0 Å². The Morgan fingerprint density at radius 2 is 1.42 bits per heavy atom. The summed E-state index contributed by atoms with van der Waals surface area (Å²) < 4.78 is 0. The van der Waals surface area contributed by atoms with E-state index in [-0.39, 0.29) is 0 Å². The molecule has 0 spiro atoms. The van der Waals surface area contributed by atoms with Crippen LogP contribution in [-0.2, 0) is 0 Å². The summed E-state index contributed by atoms with van der Waals surface area (Å²) >= 11 is 17.7. The van der Waals surface area contributed by atoms with E-state index in [0.29, 0.717) is 21.2 Å². The van der Waals surface area contributed by atoms with Gasteiger partial charge in [-0.15, -0.1) is 0 Å². The molecule has 1 aromatic rings. The van der Waals surface area contributed by atoms with Crippen LogP contribution in [0.5, 0.6) is 0 Å². The number of anilines is 1. The minimum absolute atomic E-state index is 0.447. The van der Waals surface area contributed by atoms with Crippen molar-refractivity contribution in [2.24, 2.45) is 0 Å². The Balaban J connectivity index is 1.85. The van der Waals surface area contributed by atoms with Crippen LogP contribution in [0.2, 0.25) is 10.0 Å². The van der Waals surface area contributed by atoms with Gasteiger partial charge in [0.15, 0.2) is 5.11 Å². The smallest absolute Gasteiger partial charge is 0.171 e. The molecule has 1 aromatic carbocycles. The standard InChI is InChI=1S/C19H28Cl2N2S/c20-15-12-13-17(21)18(14-15)23-19(24)22-16-10-8-6-4-2-1-3-5-7-9-11-16/h12-14,16H,1-11H2,(H2,22,23,24). The zero-order chi connectivity index (χ0) is 17.2. The molecule has 0 aliphatic heterocycles. The number of halogens is 2. The average Bonchev–Trinajstić information content (AvgIpc) is 2.53. The van der Waals surface area contributed by atoms with Crippen LogP contribution >= 0.6 is 35.4 Å². The lowest BCUT2D eigenvalue weighted by molar-refractivity contribution is 0.444. The van der Waals surface area contributed by atoms with Crippen molar-refractivity contribution in [2.45, 2.75) is 76.7 Å². The van der Waals surface area contributed by atoms with Crippen molar-refractivity contribution in [2.75, 3.05) is 5.32 Å². The van der Waals surface area contributed by atoms with Gasteiger partial charge in [-0.2, -0.15) is 0 Å². The zero-order valence-corrected chi connectivity index (χ0v) is 16.6. The monoisotopic (exact) mass is 386 g/mol. The first-order valence-electron chi connectivity index (χ1n) is 9.18. The van der Waals surface area contributed by atoms with Crippen molar-refractivity contribution in [3.8, 4) is 0 Å². The fraction of sp³-hybridized carbons (Fsp3) is 0.632. The molecule has 0 radical (unpaired) electrons. The lowest BCUT2D eigenvalue weighted by Gasteiger charge is -2.22. The molecule has 2 N–H and O–H groups in total. The van der Waals surface area contributed by atoms with Gasteiger partial charge in [-0.25, -0.2) is 0 Å². The molecular formula is C19H28Cl2N2S. The highest BCUT2D eigenvalue weighted by atomic mass is 35.5. The topological polar surface area (TPSA) is 24.1 Å². The molecule has 0 saturated heterocycles. The van der Waals surface area contributed by atoms with Crippen molar-refractivity contribution in [1.29, 1.82) is 0 Å². The van der Waals surface area contributed by atoms with E-state index in [0.717, 1.165) is 5.69 Å². The predicted octanol–water partition coefficient (Wildman–Crippen LogP) is 6.95. The van der Waals surface area contributed by atoms with Gasteiger partial charge in [-0.1, -0.05) is 81.0 Å². The number of nitrogens with one attached hydrogen (secondary N) is 2. The molecule has 1 aliphatic rings. The van der Waals surface area contributed by atoms with Gasteiger partial charge in [0, 0.05) is 11.1 Å². The maximum absolute atomic E-state index is 6.20. The van der Waals surface area contributed by atoms with E-state index in [4.69, 9.17) is 35.4 Å². The lowest BCUT2D eigenvalue weighted by Crippen LogP contribution is -2.37. The molecule has 2 nitrogen and oxygen atoms in total. The first kappa shape index (κ1) is 19.8. The molecule has 0 heterocycles. The van der Waals surface area contributed by atoms with E-state index >= 15 is 0 Å². The number of benzene rings is 1. The van der Waals surface area contributed by atoms with E-state index in [9.17, 15) is 0 Å². The highest BCUT2D eigenvalue weighted by Crippen LogP contribution is 2.25. The molecule has 1 aliphatic carbocycles. The Bertz CT molecular complexity index is 510. The molecule has 2 rings (SSSR count). The molecule has 134 valence electrons. The first-order chi connectivity index (χ1) is 11.6. The fourth-order valence-electron chi connectivity index (χ4n) is 3.24. The summed E-state index contributed by atoms with van der Waals surface area (Å²) in [6, 6.07) is 5.81.